The summed E-state index contributed by atoms with van der Waals surface area (Å²) in [5.41, 5.74) is 1.14. The van der Waals surface area contributed by atoms with Crippen LogP contribution in [0.15, 0.2) is 30.6 Å². The molecule has 1 unspecified atom stereocenters. The van der Waals surface area contributed by atoms with Gasteiger partial charge in [-0.1, -0.05) is 0 Å². The molecule has 1 aliphatic carbocycles. The lowest BCUT2D eigenvalue weighted by Gasteiger charge is -2.16. The predicted octanol–water partition coefficient (Wildman–Crippen LogP) is 3.57. The topological polar surface area (TPSA) is 93.2 Å². The van der Waals surface area contributed by atoms with E-state index in [4.69, 9.17) is 4.74 Å². The Morgan fingerprint density at radius 2 is 2.00 bits per heavy atom. The minimum Gasteiger partial charge on any atom is -0.482 e. The van der Waals surface area contributed by atoms with Gasteiger partial charge in [0.25, 0.3) is 5.91 Å². The van der Waals surface area contributed by atoms with E-state index in [2.05, 4.69) is 20.6 Å². The number of aromatic nitrogens is 2. The minimum absolute atomic E-state index is 0.0397. The summed E-state index contributed by atoms with van der Waals surface area (Å²) in [4.78, 5) is 32.4. The second-order valence-electron chi connectivity index (χ2n) is 7.17. The largest absolute Gasteiger partial charge is 0.482 e. The van der Waals surface area contributed by atoms with Gasteiger partial charge >= 0.3 is 6.18 Å². The molecule has 30 heavy (non-hydrogen) atoms. The predicted molar refractivity (Wildman–Crippen MR) is 102 cm³/mol. The number of pyridine rings is 2. The van der Waals surface area contributed by atoms with Crippen LogP contribution in [-0.4, -0.2) is 34.6 Å². The van der Waals surface area contributed by atoms with Crippen LogP contribution in [0.5, 0.6) is 5.75 Å². The number of nitrogens with one attached hydrogen (secondary N) is 2. The van der Waals surface area contributed by atoms with Crippen LogP contribution in [0.4, 0.5) is 19.0 Å². The van der Waals surface area contributed by atoms with Crippen LogP contribution in [0.3, 0.4) is 0 Å². The number of aryl methyl sites for hydroxylation is 1. The molecule has 0 radical (unpaired) electrons. The summed E-state index contributed by atoms with van der Waals surface area (Å²) >= 11 is 0. The fraction of sp³-hybridized carbons (Fsp3) is 0.400. The molecule has 0 bridgehead atoms. The molecule has 2 heterocycles. The number of anilines is 1. The van der Waals surface area contributed by atoms with Crippen LogP contribution in [-0.2, 0) is 4.79 Å². The molecule has 2 amide bonds. The molecule has 7 nitrogen and oxygen atoms in total. The van der Waals surface area contributed by atoms with E-state index in [1.54, 1.807) is 19.1 Å². The molecule has 1 fully saturated rings. The first-order valence-corrected chi connectivity index (χ1v) is 9.36. The fourth-order valence-electron chi connectivity index (χ4n) is 2.69. The standard InChI is InChI=1S/C20H21F3N4O3/c1-11-7-15(25-9-16(11)30-10-20(21,22)23)19(29)26-12(2)14-5-6-24-17(8-14)27-18(28)13-3-4-13/h5-9,12-13H,3-4,10H2,1-2H3,(H,26,29)(H,24,27,28). The number of rotatable bonds is 7. The van der Waals surface area contributed by atoms with Gasteiger partial charge in [0.15, 0.2) is 6.61 Å². The third-order valence-electron chi connectivity index (χ3n) is 4.52. The number of amides is 2. The van der Waals surface area contributed by atoms with Gasteiger partial charge in [0, 0.05) is 12.1 Å². The summed E-state index contributed by atoms with van der Waals surface area (Å²) in [5.74, 6) is -0.144. The Bertz CT molecular complexity index is 945. The SMILES string of the molecule is Cc1cc(C(=O)NC(C)c2ccnc(NC(=O)C3CC3)c2)ncc1OCC(F)(F)F. The zero-order valence-electron chi connectivity index (χ0n) is 16.4. The lowest BCUT2D eigenvalue weighted by Crippen LogP contribution is -2.28. The summed E-state index contributed by atoms with van der Waals surface area (Å²) in [7, 11) is 0. The van der Waals surface area contributed by atoms with Crippen molar-refractivity contribution in [3.05, 3.63) is 47.4 Å². The summed E-state index contributed by atoms with van der Waals surface area (Å²) in [6.07, 6.45) is -0.0669. The van der Waals surface area contributed by atoms with E-state index in [-0.39, 0.29) is 23.3 Å². The van der Waals surface area contributed by atoms with Crippen LogP contribution < -0.4 is 15.4 Å². The van der Waals surface area contributed by atoms with Gasteiger partial charge < -0.3 is 15.4 Å². The maximum Gasteiger partial charge on any atom is 0.422 e. The summed E-state index contributed by atoms with van der Waals surface area (Å²) in [5, 5.41) is 5.52. The van der Waals surface area contributed by atoms with Crippen molar-refractivity contribution < 1.29 is 27.5 Å². The smallest absolute Gasteiger partial charge is 0.422 e. The molecular formula is C20H21F3N4O3. The van der Waals surface area contributed by atoms with E-state index in [0.717, 1.165) is 24.6 Å². The highest BCUT2D eigenvalue weighted by molar-refractivity contribution is 5.94. The lowest BCUT2D eigenvalue weighted by atomic mass is 10.1. The first-order valence-electron chi connectivity index (χ1n) is 9.36. The zero-order valence-corrected chi connectivity index (χ0v) is 16.4. The van der Waals surface area contributed by atoms with E-state index < -0.39 is 24.7 Å². The van der Waals surface area contributed by atoms with E-state index in [0.29, 0.717) is 11.4 Å². The number of halogens is 3. The Labute approximate surface area is 171 Å². The summed E-state index contributed by atoms with van der Waals surface area (Å²) < 4.78 is 41.6. The lowest BCUT2D eigenvalue weighted by molar-refractivity contribution is -0.153. The van der Waals surface area contributed by atoms with Gasteiger partial charge in [-0.25, -0.2) is 9.97 Å². The summed E-state index contributed by atoms with van der Waals surface area (Å²) in [6, 6.07) is 4.34. The molecule has 2 aromatic heterocycles. The quantitative estimate of drug-likeness (QED) is 0.712. The second-order valence-corrected chi connectivity index (χ2v) is 7.17. The third kappa shape index (κ3) is 5.91. The van der Waals surface area contributed by atoms with E-state index >= 15 is 0 Å². The van der Waals surface area contributed by atoms with E-state index in [9.17, 15) is 22.8 Å². The second kappa shape index (κ2) is 8.68. The van der Waals surface area contributed by atoms with Crippen molar-refractivity contribution in [1.29, 1.82) is 0 Å². The van der Waals surface area contributed by atoms with Gasteiger partial charge in [-0.15, -0.1) is 0 Å². The molecule has 2 N–H and O–H groups in total. The minimum atomic E-state index is -4.46. The van der Waals surface area contributed by atoms with E-state index in [1.165, 1.54) is 19.2 Å². The van der Waals surface area contributed by atoms with Gasteiger partial charge in [-0.3, -0.25) is 9.59 Å². The van der Waals surface area contributed by atoms with Gasteiger partial charge in [-0.2, -0.15) is 13.2 Å². The van der Waals surface area contributed by atoms with Crippen molar-refractivity contribution in [2.24, 2.45) is 5.92 Å². The monoisotopic (exact) mass is 422 g/mol. The number of alkyl halides is 3. The van der Waals surface area contributed by atoms with Crippen LogP contribution >= 0.6 is 0 Å². The van der Waals surface area contributed by atoms with Gasteiger partial charge in [0.05, 0.1) is 12.2 Å². The molecule has 0 aliphatic heterocycles. The van der Waals surface area contributed by atoms with Gasteiger partial charge in [0.2, 0.25) is 5.91 Å². The maximum atomic E-state index is 12.5. The summed E-state index contributed by atoms with van der Waals surface area (Å²) in [6.45, 7) is 1.86. The van der Waals surface area contributed by atoms with Crippen LogP contribution in [0.2, 0.25) is 0 Å². The third-order valence-corrected chi connectivity index (χ3v) is 4.52. The number of hydrogen-bond donors (Lipinski definition) is 2. The molecule has 0 saturated heterocycles. The molecule has 0 spiro atoms. The zero-order chi connectivity index (χ0) is 21.9. The fourth-order valence-corrected chi connectivity index (χ4v) is 2.69. The average molecular weight is 422 g/mol. The van der Waals surface area contributed by atoms with Gasteiger partial charge in [-0.05, 0) is 56.0 Å². The molecule has 10 heteroatoms. The molecule has 1 aliphatic rings. The average Bonchev–Trinajstić information content (AvgIpc) is 3.51. The molecule has 2 aromatic rings. The van der Waals surface area contributed by atoms with Crippen molar-refractivity contribution in [3.8, 4) is 5.75 Å². The van der Waals surface area contributed by atoms with Gasteiger partial charge in [0.1, 0.15) is 17.3 Å². The number of ether oxygens (including phenoxy) is 1. The number of hydrogen-bond acceptors (Lipinski definition) is 5. The van der Waals surface area contributed by atoms with Crippen molar-refractivity contribution in [3.63, 3.8) is 0 Å². The maximum absolute atomic E-state index is 12.5. The Kier molecular flexibility index (Phi) is 6.23. The highest BCUT2D eigenvalue weighted by Crippen LogP contribution is 2.30. The molecule has 1 saturated carbocycles. The number of nitrogens with zero attached hydrogens (tertiary/aromatic N) is 2. The number of carbonyl (C=O) groups excluding carboxylic acids is 2. The van der Waals surface area contributed by atoms with Crippen molar-refractivity contribution in [2.75, 3.05) is 11.9 Å². The number of carbonyl (C=O) groups is 2. The highest BCUT2D eigenvalue weighted by Gasteiger charge is 2.30. The van der Waals surface area contributed by atoms with Crippen molar-refractivity contribution in [2.45, 2.75) is 38.9 Å². The molecular weight excluding hydrogens is 401 g/mol. The van der Waals surface area contributed by atoms with Crippen LogP contribution in [0, 0.1) is 12.8 Å². The Balaban J connectivity index is 1.62. The molecule has 3 rings (SSSR count). The molecule has 1 atom stereocenters. The van der Waals surface area contributed by atoms with Crippen LogP contribution in [0.1, 0.15) is 47.4 Å². The Morgan fingerprint density at radius 1 is 1.27 bits per heavy atom. The first kappa shape index (κ1) is 21.5. The Hall–Kier alpha value is -3.17. The highest BCUT2D eigenvalue weighted by atomic mass is 19.4. The van der Waals surface area contributed by atoms with Crippen LogP contribution in [0.25, 0.3) is 0 Å². The van der Waals surface area contributed by atoms with Crippen molar-refractivity contribution >= 4 is 17.6 Å². The normalized spacial score (nSPS) is 14.7. The van der Waals surface area contributed by atoms with E-state index in [1.807, 2.05) is 0 Å². The Morgan fingerprint density at radius 3 is 2.63 bits per heavy atom. The first-order chi connectivity index (χ1) is 14.1. The molecule has 160 valence electrons. The molecule has 0 aromatic carbocycles. The van der Waals surface area contributed by atoms with Crippen molar-refractivity contribution in [1.82, 2.24) is 15.3 Å².